The Kier molecular flexibility index (Phi) is 7.50. The van der Waals surface area contributed by atoms with Crippen molar-refractivity contribution in [3.63, 3.8) is 0 Å². The highest BCUT2D eigenvalue weighted by Crippen LogP contribution is 2.33. The fraction of sp³-hybridized carbons (Fsp3) is 0.308. The molecule has 2 heterocycles. The first-order valence-electron chi connectivity index (χ1n) is 12.0. The van der Waals surface area contributed by atoms with E-state index in [4.69, 9.17) is 4.74 Å². The van der Waals surface area contributed by atoms with Crippen molar-refractivity contribution in [2.45, 2.75) is 39.3 Å². The van der Waals surface area contributed by atoms with E-state index < -0.39 is 59.5 Å². The number of alkyl halides is 6. The van der Waals surface area contributed by atoms with E-state index in [-0.39, 0.29) is 34.5 Å². The van der Waals surface area contributed by atoms with Crippen molar-refractivity contribution in [1.82, 2.24) is 18.3 Å². The lowest BCUT2D eigenvalue weighted by Gasteiger charge is -2.16. The lowest BCUT2D eigenvalue weighted by Crippen LogP contribution is -2.42. The van der Waals surface area contributed by atoms with Crippen LogP contribution in [0.3, 0.4) is 0 Å². The highest BCUT2D eigenvalue weighted by molar-refractivity contribution is 5.88. The molecule has 2 aromatic carbocycles. The quantitative estimate of drug-likeness (QED) is 0.254. The summed E-state index contributed by atoms with van der Waals surface area (Å²) in [6.07, 6.45) is -8.52. The summed E-state index contributed by atoms with van der Waals surface area (Å²) in [5.74, 6) is -1.11. The maximum Gasteiger partial charge on any atom is 0.416 e. The van der Waals surface area contributed by atoms with Gasteiger partial charge in [-0.15, -0.1) is 0 Å². The van der Waals surface area contributed by atoms with Gasteiger partial charge < -0.3 is 4.74 Å². The van der Waals surface area contributed by atoms with Crippen molar-refractivity contribution in [1.29, 1.82) is 0 Å². The van der Waals surface area contributed by atoms with Gasteiger partial charge in [0.25, 0.3) is 5.56 Å². The Morgan fingerprint density at radius 3 is 2.22 bits per heavy atom. The minimum absolute atomic E-state index is 0.00723. The van der Waals surface area contributed by atoms with Crippen LogP contribution in [0.2, 0.25) is 0 Å². The molecule has 0 unspecified atom stereocenters. The second-order valence-corrected chi connectivity index (χ2v) is 9.11. The standard InChI is InChI=1S/C26H22F6N4O5/c1-4-41-22(38)17-12-34(16-8-9-19-20(10-16)33(3)23(39)36(19)13-25(27,28)29)24(40)35(21(17)37)11-15-6-5-7-18(14(15)2)26(30,31)32/h5-10,12H,4,11,13H2,1-3H3. The summed E-state index contributed by atoms with van der Waals surface area (Å²) in [6, 6.07) is 6.84. The highest BCUT2D eigenvalue weighted by atomic mass is 19.4. The monoisotopic (exact) mass is 584 g/mol. The van der Waals surface area contributed by atoms with Gasteiger partial charge in [0.2, 0.25) is 0 Å². The van der Waals surface area contributed by atoms with Gasteiger partial charge in [0, 0.05) is 13.2 Å². The number of rotatable bonds is 6. The molecule has 0 fully saturated rings. The number of halogens is 6. The lowest BCUT2D eigenvalue weighted by molar-refractivity contribution is -0.140. The van der Waals surface area contributed by atoms with E-state index in [0.717, 1.165) is 27.5 Å². The SMILES string of the molecule is CCOC(=O)c1cn(-c2ccc3c(c2)n(C)c(=O)n3CC(F)(F)F)c(=O)n(Cc2cccc(C(F)(F)F)c2C)c1=O. The molecular formula is C26H22F6N4O5. The van der Waals surface area contributed by atoms with Gasteiger partial charge in [-0.05, 0) is 49.2 Å². The summed E-state index contributed by atoms with van der Waals surface area (Å²) >= 11 is 0. The molecule has 0 aliphatic rings. The molecule has 218 valence electrons. The molecule has 0 spiro atoms. The van der Waals surface area contributed by atoms with Crippen molar-refractivity contribution < 1.29 is 35.9 Å². The first-order valence-corrected chi connectivity index (χ1v) is 12.0. The summed E-state index contributed by atoms with van der Waals surface area (Å²) < 4.78 is 87.3. The molecule has 0 N–H and O–H groups in total. The number of aromatic nitrogens is 4. The van der Waals surface area contributed by atoms with Crippen molar-refractivity contribution in [2.75, 3.05) is 6.61 Å². The molecule has 0 aliphatic heterocycles. The van der Waals surface area contributed by atoms with Gasteiger partial charge in [-0.1, -0.05) is 12.1 Å². The predicted molar refractivity (Wildman–Crippen MR) is 134 cm³/mol. The second-order valence-electron chi connectivity index (χ2n) is 9.11. The van der Waals surface area contributed by atoms with Crippen LogP contribution in [0.4, 0.5) is 26.3 Å². The number of benzene rings is 2. The molecular weight excluding hydrogens is 562 g/mol. The molecule has 4 aromatic rings. The molecule has 0 saturated carbocycles. The molecule has 0 radical (unpaired) electrons. The smallest absolute Gasteiger partial charge is 0.416 e. The van der Waals surface area contributed by atoms with Gasteiger partial charge in [0.1, 0.15) is 12.1 Å². The van der Waals surface area contributed by atoms with Crippen LogP contribution in [0.5, 0.6) is 0 Å². The summed E-state index contributed by atoms with van der Waals surface area (Å²) in [6.45, 7) is 0.320. The predicted octanol–water partition coefficient (Wildman–Crippen LogP) is 3.77. The molecule has 2 aromatic heterocycles. The normalized spacial score (nSPS) is 12.2. The summed E-state index contributed by atoms with van der Waals surface area (Å²) in [5, 5.41) is 0. The maximum absolute atomic E-state index is 13.5. The second kappa shape index (κ2) is 10.4. The van der Waals surface area contributed by atoms with E-state index in [1.807, 2.05) is 0 Å². The van der Waals surface area contributed by atoms with Crippen LogP contribution in [0.1, 0.15) is 34.0 Å². The van der Waals surface area contributed by atoms with Crippen LogP contribution in [-0.4, -0.2) is 37.0 Å². The number of hydrogen-bond donors (Lipinski definition) is 0. The molecule has 41 heavy (non-hydrogen) atoms. The average molecular weight is 584 g/mol. The van der Waals surface area contributed by atoms with Gasteiger partial charge in [-0.25, -0.2) is 14.4 Å². The first kappa shape index (κ1) is 29.4. The van der Waals surface area contributed by atoms with E-state index >= 15 is 0 Å². The zero-order valence-corrected chi connectivity index (χ0v) is 21.8. The van der Waals surface area contributed by atoms with Crippen LogP contribution < -0.4 is 16.9 Å². The maximum atomic E-state index is 13.5. The third-order valence-corrected chi connectivity index (χ3v) is 6.49. The number of esters is 1. The number of carbonyl (C=O) groups excluding carboxylic acids is 1. The van der Waals surface area contributed by atoms with Crippen LogP contribution >= 0.6 is 0 Å². The van der Waals surface area contributed by atoms with E-state index in [0.29, 0.717) is 9.13 Å². The van der Waals surface area contributed by atoms with Crippen molar-refractivity contribution in [3.8, 4) is 5.69 Å². The third-order valence-electron chi connectivity index (χ3n) is 6.49. The van der Waals surface area contributed by atoms with Crippen molar-refractivity contribution in [2.24, 2.45) is 7.05 Å². The third kappa shape index (κ3) is 5.56. The molecule has 9 nitrogen and oxygen atoms in total. The Balaban J connectivity index is 1.95. The lowest BCUT2D eigenvalue weighted by atomic mass is 10.0. The van der Waals surface area contributed by atoms with Crippen molar-refractivity contribution in [3.05, 3.63) is 96.2 Å². The highest BCUT2D eigenvalue weighted by Gasteiger charge is 2.33. The largest absolute Gasteiger partial charge is 0.462 e. The fourth-order valence-corrected chi connectivity index (χ4v) is 4.49. The van der Waals surface area contributed by atoms with E-state index in [1.54, 1.807) is 0 Å². The van der Waals surface area contributed by atoms with Crippen LogP contribution in [-0.2, 0) is 31.1 Å². The Morgan fingerprint density at radius 1 is 0.927 bits per heavy atom. The molecule has 0 bridgehead atoms. The van der Waals surface area contributed by atoms with Gasteiger partial charge in [-0.2, -0.15) is 26.3 Å². The minimum Gasteiger partial charge on any atom is -0.462 e. The molecule has 0 saturated heterocycles. The number of carbonyl (C=O) groups is 1. The molecule has 0 atom stereocenters. The Hall–Kier alpha value is -4.56. The molecule has 15 heteroatoms. The fourth-order valence-electron chi connectivity index (χ4n) is 4.49. The summed E-state index contributed by atoms with van der Waals surface area (Å²) in [5.41, 5.74) is -5.11. The number of ether oxygens (including phenoxy) is 1. The van der Waals surface area contributed by atoms with Crippen LogP contribution in [0.25, 0.3) is 16.7 Å². The topological polar surface area (TPSA) is 97.2 Å². The number of fused-ring (bicyclic) bond motifs is 1. The Morgan fingerprint density at radius 2 is 1.61 bits per heavy atom. The van der Waals surface area contributed by atoms with E-state index in [2.05, 4.69) is 0 Å². The summed E-state index contributed by atoms with van der Waals surface area (Å²) in [7, 11) is 1.23. The Bertz CT molecular complexity index is 1840. The van der Waals surface area contributed by atoms with Gasteiger partial charge in [0.05, 0.1) is 35.4 Å². The van der Waals surface area contributed by atoms with Gasteiger partial charge in [-0.3, -0.25) is 23.1 Å². The number of nitrogens with zero attached hydrogens (tertiary/aromatic N) is 4. The van der Waals surface area contributed by atoms with Crippen molar-refractivity contribution >= 4 is 17.0 Å². The van der Waals surface area contributed by atoms with Crippen LogP contribution in [0.15, 0.2) is 57.0 Å². The molecule has 0 aliphatic carbocycles. The number of imidazole rings is 1. The van der Waals surface area contributed by atoms with E-state index in [9.17, 15) is 45.5 Å². The number of hydrogen-bond acceptors (Lipinski definition) is 5. The van der Waals surface area contributed by atoms with Crippen LogP contribution in [0, 0.1) is 6.92 Å². The van der Waals surface area contributed by atoms with E-state index in [1.165, 1.54) is 45.2 Å². The summed E-state index contributed by atoms with van der Waals surface area (Å²) in [4.78, 5) is 51.8. The molecule has 0 amide bonds. The zero-order chi connectivity index (χ0) is 30.4. The molecule has 4 rings (SSSR count). The van der Waals surface area contributed by atoms with Gasteiger partial charge >= 0.3 is 29.7 Å². The number of aryl methyl sites for hydroxylation is 1. The zero-order valence-electron chi connectivity index (χ0n) is 21.8. The first-order chi connectivity index (χ1) is 19.0. The average Bonchev–Trinajstić information content (AvgIpc) is 3.10. The Labute approximate surface area is 226 Å². The minimum atomic E-state index is -4.70. The van der Waals surface area contributed by atoms with Gasteiger partial charge in [0.15, 0.2) is 0 Å².